The topological polar surface area (TPSA) is 81.7 Å². The van der Waals surface area contributed by atoms with Crippen molar-refractivity contribution < 1.29 is 22.0 Å². The molecule has 0 atom stereocenters. The lowest BCUT2D eigenvalue weighted by atomic mass is 10.2. The van der Waals surface area contributed by atoms with Gasteiger partial charge < -0.3 is 11.1 Å². The highest BCUT2D eigenvalue weighted by Gasteiger charge is 2.30. The maximum atomic E-state index is 14.5. The Morgan fingerprint density at radius 2 is 1.65 bits per heavy atom. The van der Waals surface area contributed by atoms with E-state index in [1.54, 1.807) is 6.92 Å². The minimum absolute atomic E-state index is 0. The summed E-state index contributed by atoms with van der Waals surface area (Å²) in [6.45, 7) is 1.63. The molecular weight excluding hydrogens is 443 g/mol. The van der Waals surface area contributed by atoms with Gasteiger partial charge in [0.2, 0.25) is 11.8 Å². The zero-order valence-corrected chi connectivity index (χ0v) is 16.5. The number of nitrogens with zero attached hydrogens (tertiary/aromatic N) is 4. The van der Waals surface area contributed by atoms with E-state index in [1.165, 1.54) is 22.8 Å². The molecule has 2 aromatic carbocycles. The van der Waals surface area contributed by atoms with Gasteiger partial charge in [-0.3, -0.25) is 4.57 Å². The van der Waals surface area contributed by atoms with Gasteiger partial charge in [0.05, 0.1) is 16.6 Å². The number of benzene rings is 2. The minimum Gasteiger partial charge on any atom is -0.381 e. The first-order chi connectivity index (χ1) is 14.1. The van der Waals surface area contributed by atoms with E-state index >= 15 is 0 Å². The number of nitrogen functional groups attached to an aromatic ring is 1. The van der Waals surface area contributed by atoms with Crippen molar-refractivity contribution in [2.24, 2.45) is 0 Å². The lowest BCUT2D eigenvalue weighted by Crippen LogP contribution is -2.11. The average Bonchev–Trinajstić information content (AvgIpc) is 3.00. The van der Waals surface area contributed by atoms with Crippen molar-refractivity contribution >= 4 is 40.8 Å². The molecule has 6 nitrogen and oxygen atoms in total. The van der Waals surface area contributed by atoms with E-state index in [0.717, 1.165) is 24.3 Å². The Hall–Kier alpha value is -3.47. The maximum absolute atomic E-state index is 14.5. The Balaban J connectivity index is 0.00000272. The highest BCUT2D eigenvalue weighted by atomic mass is 35.5. The Kier molecular flexibility index (Phi) is 5.72. The highest BCUT2D eigenvalue weighted by molar-refractivity contribution is 5.85. The Morgan fingerprint density at radius 1 is 0.968 bits per heavy atom. The number of fused-ring (bicyclic) bond motifs is 1. The fourth-order valence-corrected chi connectivity index (χ4v) is 2.94. The number of alkyl halides is 3. The summed E-state index contributed by atoms with van der Waals surface area (Å²) in [5.41, 5.74) is 5.79. The Morgan fingerprint density at radius 3 is 2.29 bits per heavy atom. The van der Waals surface area contributed by atoms with Gasteiger partial charge in [-0.25, -0.2) is 9.37 Å². The molecule has 162 valence electrons. The second-order valence-electron chi connectivity index (χ2n) is 6.40. The van der Waals surface area contributed by atoms with Crippen LogP contribution in [0.3, 0.4) is 0 Å². The number of hydrogen-bond donors (Lipinski definition) is 2. The molecule has 31 heavy (non-hydrogen) atoms. The van der Waals surface area contributed by atoms with Crippen molar-refractivity contribution in [3.05, 3.63) is 65.5 Å². The Labute approximate surface area is 178 Å². The predicted molar refractivity (Wildman–Crippen MR) is 108 cm³/mol. The molecule has 0 amide bonds. The number of nitrogens with one attached hydrogen (secondary N) is 1. The number of hydrogen-bond acceptors (Lipinski definition) is 5. The standard InChI is InChI=1S/C19H13F5N6.ClH/c1-9-26-13-7-4-11(20)8-14(13)30(9)18-28-16(25)15(21)17(29-18)27-12-5-2-10(3-6-12)19(22,23)24;/h2-8H,1H3,(H3,25,27,28,29);1H. The van der Waals surface area contributed by atoms with E-state index in [1.807, 2.05) is 0 Å². The molecule has 0 bridgehead atoms. The van der Waals surface area contributed by atoms with Crippen LogP contribution < -0.4 is 11.1 Å². The molecule has 2 heterocycles. The fraction of sp³-hybridized carbons (Fsp3) is 0.105. The number of nitrogens with two attached hydrogens (primary N) is 1. The molecule has 0 saturated heterocycles. The Bertz CT molecular complexity index is 1250. The van der Waals surface area contributed by atoms with Crippen LogP contribution in [-0.4, -0.2) is 19.5 Å². The van der Waals surface area contributed by atoms with Crippen molar-refractivity contribution in [3.63, 3.8) is 0 Å². The number of aromatic nitrogens is 4. The second kappa shape index (κ2) is 7.99. The van der Waals surface area contributed by atoms with E-state index in [9.17, 15) is 22.0 Å². The normalized spacial score (nSPS) is 11.4. The molecule has 0 aliphatic heterocycles. The molecular formula is C19H14ClF5N6. The summed E-state index contributed by atoms with van der Waals surface area (Å²) in [4.78, 5) is 12.3. The van der Waals surface area contributed by atoms with Crippen molar-refractivity contribution in [2.75, 3.05) is 11.1 Å². The number of imidazole rings is 1. The van der Waals surface area contributed by atoms with Crippen LogP contribution in [0.25, 0.3) is 17.0 Å². The zero-order chi connectivity index (χ0) is 21.6. The molecule has 3 N–H and O–H groups in total. The lowest BCUT2D eigenvalue weighted by Gasteiger charge is -2.12. The lowest BCUT2D eigenvalue weighted by molar-refractivity contribution is -0.137. The minimum atomic E-state index is -4.49. The van der Waals surface area contributed by atoms with Crippen LogP contribution in [0.15, 0.2) is 42.5 Å². The SMILES string of the molecule is Cc1nc2ccc(F)cc2n1-c1nc(N)c(F)c(Nc2ccc(C(F)(F)F)cc2)n1.Cl. The summed E-state index contributed by atoms with van der Waals surface area (Å²) < 4.78 is 67.7. The molecule has 0 radical (unpaired) electrons. The van der Waals surface area contributed by atoms with Crippen molar-refractivity contribution in [2.45, 2.75) is 13.1 Å². The monoisotopic (exact) mass is 456 g/mol. The maximum Gasteiger partial charge on any atom is 0.416 e. The van der Waals surface area contributed by atoms with Gasteiger partial charge in [-0.05, 0) is 43.3 Å². The van der Waals surface area contributed by atoms with Gasteiger partial charge in [-0.1, -0.05) is 0 Å². The van der Waals surface area contributed by atoms with Gasteiger partial charge in [0, 0.05) is 11.8 Å². The number of halogens is 6. The highest BCUT2D eigenvalue weighted by Crippen LogP contribution is 2.31. The van der Waals surface area contributed by atoms with Crippen LogP contribution in [-0.2, 0) is 6.18 Å². The van der Waals surface area contributed by atoms with Gasteiger partial charge in [-0.2, -0.15) is 27.5 Å². The summed E-state index contributed by atoms with van der Waals surface area (Å²) in [6.07, 6.45) is -4.49. The average molecular weight is 457 g/mol. The summed E-state index contributed by atoms with van der Waals surface area (Å²) >= 11 is 0. The third-order valence-electron chi connectivity index (χ3n) is 4.32. The molecule has 0 saturated carbocycles. The molecule has 12 heteroatoms. The fourth-order valence-electron chi connectivity index (χ4n) is 2.94. The van der Waals surface area contributed by atoms with Crippen LogP contribution in [0.2, 0.25) is 0 Å². The van der Waals surface area contributed by atoms with E-state index < -0.39 is 29.2 Å². The van der Waals surface area contributed by atoms with Gasteiger partial charge in [0.1, 0.15) is 11.6 Å². The number of rotatable bonds is 3. The number of anilines is 3. The van der Waals surface area contributed by atoms with Crippen molar-refractivity contribution in [3.8, 4) is 5.95 Å². The first-order valence-corrected chi connectivity index (χ1v) is 8.56. The summed E-state index contributed by atoms with van der Waals surface area (Å²) in [6, 6.07) is 7.91. The smallest absolute Gasteiger partial charge is 0.381 e. The third kappa shape index (κ3) is 4.22. The largest absolute Gasteiger partial charge is 0.416 e. The zero-order valence-electron chi connectivity index (χ0n) is 15.7. The first kappa shape index (κ1) is 22.2. The molecule has 0 spiro atoms. The van der Waals surface area contributed by atoms with Crippen LogP contribution >= 0.6 is 12.4 Å². The summed E-state index contributed by atoms with van der Waals surface area (Å²) in [5.74, 6) is -2.01. The predicted octanol–water partition coefficient (Wildman–Crippen LogP) is 5.17. The van der Waals surface area contributed by atoms with E-state index in [2.05, 4.69) is 20.3 Å². The summed E-state index contributed by atoms with van der Waals surface area (Å²) in [5, 5.41) is 2.59. The number of aryl methyl sites for hydroxylation is 1. The van der Waals surface area contributed by atoms with Crippen LogP contribution in [0.5, 0.6) is 0 Å². The summed E-state index contributed by atoms with van der Waals surface area (Å²) in [7, 11) is 0. The van der Waals surface area contributed by atoms with Crippen LogP contribution in [0.4, 0.5) is 39.3 Å². The third-order valence-corrected chi connectivity index (χ3v) is 4.32. The van der Waals surface area contributed by atoms with E-state index in [-0.39, 0.29) is 29.9 Å². The van der Waals surface area contributed by atoms with Crippen molar-refractivity contribution in [1.82, 2.24) is 19.5 Å². The van der Waals surface area contributed by atoms with Gasteiger partial charge in [-0.15, -0.1) is 12.4 Å². The van der Waals surface area contributed by atoms with Gasteiger partial charge >= 0.3 is 6.18 Å². The van der Waals surface area contributed by atoms with Gasteiger partial charge in [0.25, 0.3) is 0 Å². The molecule has 4 rings (SSSR count). The molecule has 0 fully saturated rings. The van der Waals surface area contributed by atoms with Crippen LogP contribution in [0.1, 0.15) is 11.4 Å². The molecule has 2 aromatic heterocycles. The molecule has 0 aliphatic carbocycles. The quantitative estimate of drug-likeness (QED) is 0.416. The second-order valence-corrected chi connectivity index (χ2v) is 6.40. The first-order valence-electron chi connectivity index (χ1n) is 8.56. The van der Waals surface area contributed by atoms with Gasteiger partial charge in [0.15, 0.2) is 11.6 Å². The van der Waals surface area contributed by atoms with E-state index in [4.69, 9.17) is 5.73 Å². The van der Waals surface area contributed by atoms with Crippen molar-refractivity contribution in [1.29, 1.82) is 0 Å². The molecule has 0 unspecified atom stereocenters. The van der Waals surface area contributed by atoms with Crippen LogP contribution in [0, 0.1) is 18.6 Å². The van der Waals surface area contributed by atoms with E-state index in [0.29, 0.717) is 16.9 Å². The molecule has 4 aromatic rings. The molecule has 0 aliphatic rings.